The van der Waals surface area contributed by atoms with E-state index in [0.29, 0.717) is 23.1 Å². The van der Waals surface area contributed by atoms with E-state index in [-0.39, 0.29) is 5.92 Å². The minimum absolute atomic E-state index is 0.224. The molecule has 0 N–H and O–H groups in total. The van der Waals surface area contributed by atoms with Gasteiger partial charge in [0.15, 0.2) is 0 Å². The van der Waals surface area contributed by atoms with Gasteiger partial charge < -0.3 is 4.74 Å². The molecule has 108 valence electrons. The number of nitriles is 1. The van der Waals surface area contributed by atoms with Crippen LogP contribution in [0.4, 0.5) is 0 Å². The Labute approximate surface area is 134 Å². The van der Waals surface area contributed by atoms with Crippen LogP contribution in [0, 0.1) is 11.3 Å². The van der Waals surface area contributed by atoms with Crippen LogP contribution in [0.25, 0.3) is 0 Å². The van der Waals surface area contributed by atoms with Crippen LogP contribution in [-0.4, -0.2) is 6.61 Å². The van der Waals surface area contributed by atoms with E-state index in [4.69, 9.17) is 27.9 Å². The van der Waals surface area contributed by atoms with E-state index in [9.17, 15) is 5.26 Å². The molecule has 0 fully saturated rings. The maximum absolute atomic E-state index is 9.40. The Morgan fingerprint density at radius 3 is 2.38 bits per heavy atom. The monoisotopic (exact) mass is 319 g/mol. The van der Waals surface area contributed by atoms with Crippen molar-refractivity contribution in [3.05, 3.63) is 63.6 Å². The lowest BCUT2D eigenvalue weighted by Gasteiger charge is -2.11. The van der Waals surface area contributed by atoms with E-state index in [1.165, 1.54) is 0 Å². The zero-order chi connectivity index (χ0) is 15.2. The third-order valence-electron chi connectivity index (χ3n) is 3.17. The molecule has 1 atom stereocenters. The van der Waals surface area contributed by atoms with Crippen molar-refractivity contribution in [3.63, 3.8) is 0 Å². The lowest BCUT2D eigenvalue weighted by molar-refractivity contribution is 0.340. The molecule has 0 heterocycles. The Morgan fingerprint density at radius 2 is 1.81 bits per heavy atom. The summed E-state index contributed by atoms with van der Waals surface area (Å²) in [6, 6.07) is 15.4. The lowest BCUT2D eigenvalue weighted by Crippen LogP contribution is -2.01. The van der Waals surface area contributed by atoms with Crippen LogP contribution < -0.4 is 4.74 Å². The first-order valence-electron chi connectivity index (χ1n) is 6.70. The molecule has 0 aromatic heterocycles. The third-order valence-corrected chi connectivity index (χ3v) is 3.91. The number of benzene rings is 2. The van der Waals surface area contributed by atoms with Crippen LogP contribution in [0.1, 0.15) is 24.0 Å². The van der Waals surface area contributed by atoms with Crippen molar-refractivity contribution >= 4 is 23.2 Å². The van der Waals surface area contributed by atoms with Crippen molar-refractivity contribution in [2.24, 2.45) is 0 Å². The molecule has 0 amide bonds. The fourth-order valence-electron chi connectivity index (χ4n) is 2.10. The normalized spacial score (nSPS) is 11.7. The minimum Gasteiger partial charge on any atom is -0.494 e. The summed E-state index contributed by atoms with van der Waals surface area (Å²) in [5.74, 6) is 0.588. The van der Waals surface area contributed by atoms with Gasteiger partial charge in [0, 0.05) is 0 Å². The molecule has 0 spiro atoms. The Balaban J connectivity index is 2.15. The summed E-state index contributed by atoms with van der Waals surface area (Å²) in [5.41, 5.74) is 1.96. The summed E-state index contributed by atoms with van der Waals surface area (Å²) in [5, 5.41) is 10.4. The van der Waals surface area contributed by atoms with Crippen molar-refractivity contribution in [2.75, 3.05) is 6.61 Å². The summed E-state index contributed by atoms with van der Waals surface area (Å²) >= 11 is 11.9. The zero-order valence-corrected chi connectivity index (χ0v) is 13.2. The van der Waals surface area contributed by atoms with Gasteiger partial charge in [-0.1, -0.05) is 41.4 Å². The van der Waals surface area contributed by atoms with Crippen molar-refractivity contribution in [1.29, 1.82) is 5.26 Å². The number of nitrogens with zero attached hydrogens (tertiary/aromatic N) is 1. The molecule has 2 aromatic carbocycles. The van der Waals surface area contributed by atoms with E-state index in [1.54, 1.807) is 6.07 Å². The highest BCUT2D eigenvalue weighted by molar-refractivity contribution is 6.42. The smallest absolute Gasteiger partial charge is 0.119 e. The molecule has 1 unspecified atom stereocenters. The number of hydrogen-bond donors (Lipinski definition) is 0. The van der Waals surface area contributed by atoms with Gasteiger partial charge in [0.2, 0.25) is 0 Å². The van der Waals surface area contributed by atoms with E-state index < -0.39 is 0 Å². The maximum atomic E-state index is 9.40. The lowest BCUT2D eigenvalue weighted by atomic mass is 9.93. The number of halogens is 2. The van der Waals surface area contributed by atoms with Crippen LogP contribution in [-0.2, 0) is 6.42 Å². The van der Waals surface area contributed by atoms with Gasteiger partial charge in [-0.25, -0.2) is 0 Å². The Morgan fingerprint density at radius 1 is 1.10 bits per heavy atom. The van der Waals surface area contributed by atoms with Gasteiger partial charge in [0.05, 0.1) is 28.6 Å². The van der Waals surface area contributed by atoms with Crippen LogP contribution >= 0.6 is 23.2 Å². The van der Waals surface area contributed by atoms with Gasteiger partial charge in [0.1, 0.15) is 5.75 Å². The molecule has 0 aliphatic carbocycles. The highest BCUT2D eigenvalue weighted by atomic mass is 35.5. The van der Waals surface area contributed by atoms with Crippen molar-refractivity contribution < 1.29 is 4.74 Å². The topological polar surface area (TPSA) is 33.0 Å². The molecule has 4 heteroatoms. The molecule has 2 aromatic rings. The summed E-state index contributed by atoms with van der Waals surface area (Å²) in [6.07, 6.45) is 0.599. The maximum Gasteiger partial charge on any atom is 0.119 e. The fraction of sp³-hybridized carbons (Fsp3) is 0.235. The van der Waals surface area contributed by atoms with Crippen LogP contribution in [0.3, 0.4) is 0 Å². The quantitative estimate of drug-likeness (QED) is 0.754. The molecule has 2 rings (SSSR count). The number of rotatable bonds is 5. The Bertz CT molecular complexity index is 647. The first-order valence-corrected chi connectivity index (χ1v) is 7.46. The predicted octanol–water partition coefficient (Wildman–Crippen LogP) is 5.24. The van der Waals surface area contributed by atoms with E-state index in [1.807, 2.05) is 43.3 Å². The van der Waals surface area contributed by atoms with Crippen molar-refractivity contribution in [2.45, 2.75) is 19.3 Å². The van der Waals surface area contributed by atoms with Gasteiger partial charge in [0.25, 0.3) is 0 Å². The molecule has 0 aliphatic heterocycles. The average Bonchev–Trinajstić information content (AvgIpc) is 2.50. The van der Waals surface area contributed by atoms with Gasteiger partial charge in [-0.05, 0) is 48.7 Å². The molecule has 21 heavy (non-hydrogen) atoms. The molecule has 0 radical (unpaired) electrons. The zero-order valence-electron chi connectivity index (χ0n) is 11.6. The van der Waals surface area contributed by atoms with E-state index in [2.05, 4.69) is 6.07 Å². The van der Waals surface area contributed by atoms with Gasteiger partial charge in [-0.3, -0.25) is 0 Å². The summed E-state index contributed by atoms with van der Waals surface area (Å²) in [7, 11) is 0. The van der Waals surface area contributed by atoms with Crippen molar-refractivity contribution in [1.82, 2.24) is 0 Å². The third kappa shape index (κ3) is 4.14. The summed E-state index contributed by atoms with van der Waals surface area (Å²) in [6.45, 7) is 2.57. The molecule has 0 bridgehead atoms. The molecular weight excluding hydrogens is 305 g/mol. The van der Waals surface area contributed by atoms with Crippen LogP contribution in [0.15, 0.2) is 42.5 Å². The van der Waals surface area contributed by atoms with Gasteiger partial charge in [-0.15, -0.1) is 0 Å². The Kier molecular flexibility index (Phi) is 5.50. The molecule has 0 saturated carbocycles. The SMILES string of the molecule is CCOc1ccc(C(C#N)Cc2ccc(Cl)c(Cl)c2)cc1. The molecule has 2 nitrogen and oxygen atoms in total. The highest BCUT2D eigenvalue weighted by Crippen LogP contribution is 2.27. The highest BCUT2D eigenvalue weighted by Gasteiger charge is 2.12. The average molecular weight is 320 g/mol. The van der Waals surface area contributed by atoms with Gasteiger partial charge in [-0.2, -0.15) is 5.26 Å². The van der Waals surface area contributed by atoms with Crippen LogP contribution in [0.2, 0.25) is 10.0 Å². The van der Waals surface area contributed by atoms with Crippen LogP contribution in [0.5, 0.6) is 5.75 Å². The Hall–Kier alpha value is -1.69. The molecular formula is C17H15Cl2NO. The first kappa shape index (κ1) is 15.7. The number of ether oxygens (including phenoxy) is 1. The van der Waals surface area contributed by atoms with Crippen molar-refractivity contribution in [3.8, 4) is 11.8 Å². The fourth-order valence-corrected chi connectivity index (χ4v) is 2.42. The second-order valence-electron chi connectivity index (χ2n) is 4.64. The molecule has 0 saturated heterocycles. The first-order chi connectivity index (χ1) is 10.1. The minimum atomic E-state index is -0.224. The second kappa shape index (κ2) is 7.36. The summed E-state index contributed by atoms with van der Waals surface area (Å²) in [4.78, 5) is 0. The largest absolute Gasteiger partial charge is 0.494 e. The van der Waals surface area contributed by atoms with E-state index >= 15 is 0 Å². The standard InChI is InChI=1S/C17H15Cl2NO/c1-2-21-15-6-4-13(5-7-15)14(11-20)9-12-3-8-16(18)17(19)10-12/h3-8,10,14H,2,9H2,1H3. The predicted molar refractivity (Wildman–Crippen MR) is 86.1 cm³/mol. The summed E-state index contributed by atoms with van der Waals surface area (Å²) < 4.78 is 5.41. The molecule has 0 aliphatic rings. The van der Waals surface area contributed by atoms with Gasteiger partial charge >= 0.3 is 0 Å². The van der Waals surface area contributed by atoms with E-state index in [0.717, 1.165) is 16.9 Å². The number of hydrogen-bond acceptors (Lipinski definition) is 2. The second-order valence-corrected chi connectivity index (χ2v) is 5.45.